The standard InChI is InChI=1S/C14H14N2O3S/c1-9(6-7-15)8-19-14-16-11-5-3-4-10(12(11)20-14)13(17)18-2/h3-5,9H,6,8H2,1-2H3. The van der Waals surface area contributed by atoms with Crippen molar-refractivity contribution in [2.75, 3.05) is 13.7 Å². The summed E-state index contributed by atoms with van der Waals surface area (Å²) in [6.45, 7) is 2.37. The first-order chi connectivity index (χ1) is 9.65. The third kappa shape index (κ3) is 3.06. The number of fused-ring (bicyclic) bond motifs is 1. The molecule has 1 aromatic carbocycles. The normalized spacial score (nSPS) is 11.8. The van der Waals surface area contributed by atoms with E-state index in [-0.39, 0.29) is 11.9 Å². The van der Waals surface area contributed by atoms with Crippen molar-refractivity contribution in [2.24, 2.45) is 5.92 Å². The van der Waals surface area contributed by atoms with Crippen LogP contribution >= 0.6 is 11.3 Å². The van der Waals surface area contributed by atoms with Crippen molar-refractivity contribution in [3.05, 3.63) is 23.8 Å². The Morgan fingerprint density at radius 3 is 3.05 bits per heavy atom. The van der Waals surface area contributed by atoms with Gasteiger partial charge in [0.1, 0.15) is 0 Å². The van der Waals surface area contributed by atoms with Crippen LogP contribution in [0.4, 0.5) is 0 Å². The van der Waals surface area contributed by atoms with Crippen LogP contribution in [0, 0.1) is 17.2 Å². The molecule has 1 atom stereocenters. The highest BCUT2D eigenvalue weighted by Crippen LogP contribution is 2.31. The molecule has 0 saturated heterocycles. The molecule has 2 rings (SSSR count). The molecule has 0 fully saturated rings. The van der Waals surface area contributed by atoms with Crippen molar-refractivity contribution in [1.82, 2.24) is 4.98 Å². The highest BCUT2D eigenvalue weighted by molar-refractivity contribution is 7.20. The molecule has 104 valence electrons. The van der Waals surface area contributed by atoms with Crippen LogP contribution in [0.15, 0.2) is 18.2 Å². The molecule has 2 aromatic rings. The number of nitrogens with zero attached hydrogens (tertiary/aromatic N) is 2. The second-order valence-corrected chi connectivity index (χ2v) is 5.37. The van der Waals surface area contributed by atoms with Gasteiger partial charge in [-0.2, -0.15) is 5.26 Å². The number of thiazole rings is 1. The van der Waals surface area contributed by atoms with Crippen LogP contribution in [-0.4, -0.2) is 24.7 Å². The maximum Gasteiger partial charge on any atom is 0.339 e. The van der Waals surface area contributed by atoms with Crippen LogP contribution in [0.25, 0.3) is 10.2 Å². The van der Waals surface area contributed by atoms with Crippen LogP contribution in [-0.2, 0) is 4.74 Å². The molecule has 5 nitrogen and oxygen atoms in total. The van der Waals surface area contributed by atoms with E-state index < -0.39 is 0 Å². The lowest BCUT2D eigenvalue weighted by Gasteiger charge is -2.06. The van der Waals surface area contributed by atoms with Crippen molar-refractivity contribution in [3.63, 3.8) is 0 Å². The molecular formula is C14H14N2O3S. The van der Waals surface area contributed by atoms with Gasteiger partial charge in [-0.15, -0.1) is 0 Å². The summed E-state index contributed by atoms with van der Waals surface area (Å²) in [4.78, 5) is 16.0. The fourth-order valence-electron chi connectivity index (χ4n) is 1.69. The number of benzene rings is 1. The minimum absolute atomic E-state index is 0.145. The lowest BCUT2D eigenvalue weighted by Crippen LogP contribution is -2.07. The Bertz CT molecular complexity index is 660. The van der Waals surface area contributed by atoms with Crippen LogP contribution < -0.4 is 4.74 Å². The largest absolute Gasteiger partial charge is 0.470 e. The average Bonchev–Trinajstić information content (AvgIpc) is 2.87. The lowest BCUT2D eigenvalue weighted by atomic mass is 10.1. The van der Waals surface area contributed by atoms with Gasteiger partial charge in [-0.25, -0.2) is 9.78 Å². The van der Waals surface area contributed by atoms with E-state index >= 15 is 0 Å². The predicted octanol–water partition coefficient (Wildman–Crippen LogP) is 3.01. The van der Waals surface area contributed by atoms with Crippen molar-refractivity contribution in [3.8, 4) is 11.3 Å². The number of carbonyl (C=O) groups excluding carboxylic acids is 1. The number of rotatable bonds is 5. The number of aromatic nitrogens is 1. The van der Waals surface area contributed by atoms with E-state index in [9.17, 15) is 4.79 Å². The van der Waals surface area contributed by atoms with Gasteiger partial charge in [-0.1, -0.05) is 24.3 Å². The minimum Gasteiger partial charge on any atom is -0.470 e. The highest BCUT2D eigenvalue weighted by atomic mass is 32.1. The van der Waals surface area contributed by atoms with Gasteiger partial charge in [-0.05, 0) is 12.1 Å². The van der Waals surface area contributed by atoms with Gasteiger partial charge in [0.15, 0.2) is 0 Å². The Morgan fingerprint density at radius 1 is 1.55 bits per heavy atom. The lowest BCUT2D eigenvalue weighted by molar-refractivity contribution is 0.0603. The zero-order valence-electron chi connectivity index (χ0n) is 11.3. The number of ether oxygens (including phenoxy) is 2. The Hall–Kier alpha value is -2.13. The summed E-state index contributed by atoms with van der Waals surface area (Å²) < 4.78 is 11.1. The van der Waals surface area contributed by atoms with E-state index in [4.69, 9.17) is 14.7 Å². The highest BCUT2D eigenvalue weighted by Gasteiger charge is 2.15. The molecule has 0 aliphatic heterocycles. The average molecular weight is 290 g/mol. The zero-order chi connectivity index (χ0) is 14.5. The smallest absolute Gasteiger partial charge is 0.339 e. The molecule has 0 spiro atoms. The van der Waals surface area contributed by atoms with Gasteiger partial charge in [0.2, 0.25) is 0 Å². The third-order valence-electron chi connectivity index (χ3n) is 2.73. The summed E-state index contributed by atoms with van der Waals surface area (Å²) in [5.41, 5.74) is 1.20. The Labute approximate surface area is 120 Å². The second kappa shape index (κ2) is 6.35. The summed E-state index contributed by atoms with van der Waals surface area (Å²) >= 11 is 1.31. The summed E-state index contributed by atoms with van der Waals surface area (Å²) in [5.74, 6) is -0.240. The van der Waals surface area contributed by atoms with Gasteiger partial charge in [-0.3, -0.25) is 0 Å². The molecule has 0 saturated carbocycles. The van der Waals surface area contributed by atoms with Crippen LogP contribution in [0.3, 0.4) is 0 Å². The molecular weight excluding hydrogens is 276 g/mol. The van der Waals surface area contributed by atoms with E-state index in [1.54, 1.807) is 12.1 Å². The van der Waals surface area contributed by atoms with Gasteiger partial charge in [0, 0.05) is 12.3 Å². The number of carbonyl (C=O) groups is 1. The maximum absolute atomic E-state index is 11.7. The van der Waals surface area contributed by atoms with E-state index in [1.807, 2.05) is 13.0 Å². The SMILES string of the molecule is COC(=O)c1cccc2nc(OCC(C)CC#N)sc12. The number of methoxy groups -OCH3 is 1. The van der Waals surface area contributed by atoms with Gasteiger partial charge >= 0.3 is 5.97 Å². The van der Waals surface area contributed by atoms with Gasteiger partial charge < -0.3 is 9.47 Å². The Morgan fingerprint density at radius 2 is 2.35 bits per heavy atom. The first-order valence-corrected chi connectivity index (χ1v) is 6.95. The summed E-state index contributed by atoms with van der Waals surface area (Å²) in [5, 5.41) is 9.10. The van der Waals surface area contributed by atoms with Crippen molar-refractivity contribution in [2.45, 2.75) is 13.3 Å². The molecule has 20 heavy (non-hydrogen) atoms. The first-order valence-electron chi connectivity index (χ1n) is 6.13. The second-order valence-electron chi connectivity index (χ2n) is 4.40. The van der Waals surface area contributed by atoms with E-state index in [2.05, 4.69) is 11.1 Å². The molecule has 0 amide bonds. The monoisotopic (exact) mass is 290 g/mol. The predicted molar refractivity (Wildman–Crippen MR) is 75.8 cm³/mol. The molecule has 0 radical (unpaired) electrons. The summed E-state index contributed by atoms with van der Waals surface area (Å²) in [6, 6.07) is 7.39. The molecule has 6 heteroatoms. The molecule has 1 heterocycles. The first kappa shape index (κ1) is 14.3. The quantitative estimate of drug-likeness (QED) is 0.791. The molecule has 0 N–H and O–H groups in total. The van der Waals surface area contributed by atoms with Crippen LogP contribution in [0.1, 0.15) is 23.7 Å². The molecule has 0 bridgehead atoms. The van der Waals surface area contributed by atoms with Crippen molar-refractivity contribution < 1.29 is 14.3 Å². The van der Waals surface area contributed by atoms with Crippen molar-refractivity contribution in [1.29, 1.82) is 5.26 Å². The van der Waals surface area contributed by atoms with Crippen LogP contribution in [0.5, 0.6) is 5.19 Å². The molecule has 0 aliphatic rings. The fourth-order valence-corrected chi connectivity index (χ4v) is 2.61. The van der Waals surface area contributed by atoms with E-state index in [0.29, 0.717) is 29.3 Å². The van der Waals surface area contributed by atoms with Gasteiger partial charge in [0.25, 0.3) is 5.19 Å². The topological polar surface area (TPSA) is 72.2 Å². The number of hydrogen-bond donors (Lipinski definition) is 0. The van der Waals surface area contributed by atoms with Crippen LogP contribution in [0.2, 0.25) is 0 Å². The Balaban J connectivity index is 2.21. The summed E-state index contributed by atoms with van der Waals surface area (Å²) in [6.07, 6.45) is 0.443. The van der Waals surface area contributed by atoms with E-state index in [0.717, 1.165) is 4.70 Å². The number of esters is 1. The zero-order valence-corrected chi connectivity index (χ0v) is 12.1. The number of hydrogen-bond acceptors (Lipinski definition) is 6. The number of nitriles is 1. The van der Waals surface area contributed by atoms with Gasteiger partial charge in [0.05, 0.1) is 35.6 Å². The molecule has 1 aromatic heterocycles. The fraction of sp³-hybridized carbons (Fsp3) is 0.357. The summed E-state index contributed by atoms with van der Waals surface area (Å²) in [7, 11) is 1.35. The van der Waals surface area contributed by atoms with Crippen molar-refractivity contribution >= 4 is 27.5 Å². The molecule has 1 unspecified atom stereocenters. The molecule has 0 aliphatic carbocycles. The minimum atomic E-state index is -0.386. The Kier molecular flexibility index (Phi) is 4.53. The van der Waals surface area contributed by atoms with E-state index in [1.165, 1.54) is 18.4 Å². The third-order valence-corrected chi connectivity index (χ3v) is 3.75. The maximum atomic E-state index is 11.7.